The van der Waals surface area contributed by atoms with Crippen LogP contribution in [0.2, 0.25) is 0 Å². The normalized spacial score (nSPS) is 20.6. The van der Waals surface area contributed by atoms with Crippen LogP contribution in [0.25, 0.3) is 0 Å². The molecule has 1 fully saturated rings. The maximum atomic E-state index is 12.2. The zero-order valence-electron chi connectivity index (χ0n) is 12.6. The lowest BCUT2D eigenvalue weighted by Crippen LogP contribution is -2.53. The van der Waals surface area contributed by atoms with E-state index in [1.54, 1.807) is 24.3 Å². The van der Waals surface area contributed by atoms with E-state index in [0.29, 0.717) is 18.8 Å². The van der Waals surface area contributed by atoms with Crippen molar-refractivity contribution in [3.63, 3.8) is 0 Å². The van der Waals surface area contributed by atoms with Gasteiger partial charge in [0.05, 0.1) is 26.2 Å². The molecule has 1 saturated heterocycles. The third kappa shape index (κ3) is 4.98. The quantitative estimate of drug-likeness (QED) is 0.811. The van der Waals surface area contributed by atoms with Gasteiger partial charge in [0.25, 0.3) is 0 Å². The van der Waals surface area contributed by atoms with E-state index in [-0.39, 0.29) is 42.9 Å². The number of ether oxygens (including phenoxy) is 2. The molecule has 0 aromatic heterocycles. The summed E-state index contributed by atoms with van der Waals surface area (Å²) in [5.41, 5.74) is 1.53. The first-order valence-corrected chi connectivity index (χ1v) is 6.92. The fourth-order valence-corrected chi connectivity index (χ4v) is 2.19. The number of methoxy groups -OCH3 is 1. The number of rotatable bonds is 4. The zero-order valence-corrected chi connectivity index (χ0v) is 13.4. The predicted octanol–water partition coefficient (Wildman–Crippen LogP) is 1.14. The van der Waals surface area contributed by atoms with Gasteiger partial charge in [0.15, 0.2) is 0 Å². The summed E-state index contributed by atoms with van der Waals surface area (Å²) < 4.78 is 10.1. The first kappa shape index (κ1) is 18.4. The highest BCUT2D eigenvalue weighted by Crippen LogP contribution is 2.12. The molecule has 22 heavy (non-hydrogen) atoms. The molecule has 2 N–H and O–H groups in total. The number of nitrogens with one attached hydrogen (secondary N) is 2. The highest BCUT2D eigenvalue weighted by molar-refractivity contribution is 5.95. The average molecular weight is 329 g/mol. The van der Waals surface area contributed by atoms with Gasteiger partial charge in [0, 0.05) is 12.2 Å². The Hall–Kier alpha value is -1.63. The van der Waals surface area contributed by atoms with Gasteiger partial charge in [-0.2, -0.15) is 0 Å². The van der Waals surface area contributed by atoms with Crippen LogP contribution in [-0.2, 0) is 25.5 Å². The Labute approximate surface area is 136 Å². The van der Waals surface area contributed by atoms with Gasteiger partial charge in [-0.05, 0) is 24.6 Å². The van der Waals surface area contributed by atoms with Gasteiger partial charge in [-0.1, -0.05) is 12.1 Å². The van der Waals surface area contributed by atoms with Crippen LogP contribution in [-0.4, -0.2) is 44.3 Å². The Morgan fingerprint density at radius 3 is 2.64 bits per heavy atom. The van der Waals surface area contributed by atoms with Gasteiger partial charge >= 0.3 is 5.97 Å². The average Bonchev–Trinajstić information content (AvgIpc) is 2.49. The number of anilines is 1. The lowest BCUT2D eigenvalue weighted by Gasteiger charge is -2.29. The number of halogens is 1. The molecule has 2 rings (SSSR count). The standard InChI is InChI=1S/C15H20N2O4.ClH/c1-10-14(16-7-8-21-10)15(19)17-12-5-3-11(4-6-12)9-13(18)20-2;/h3-6,10,14,16H,7-9H2,1-2H3,(H,17,19);1H/t10-,14+;/m1./s1. The van der Waals surface area contributed by atoms with E-state index in [9.17, 15) is 9.59 Å². The SMILES string of the molecule is COC(=O)Cc1ccc(NC(=O)[C@H]2NCCO[C@@H]2C)cc1.Cl. The summed E-state index contributed by atoms with van der Waals surface area (Å²) in [6, 6.07) is 6.77. The van der Waals surface area contributed by atoms with Crippen molar-refractivity contribution < 1.29 is 19.1 Å². The number of hydrogen-bond donors (Lipinski definition) is 2. The number of amides is 1. The van der Waals surface area contributed by atoms with Crippen molar-refractivity contribution in [2.24, 2.45) is 0 Å². The molecule has 1 heterocycles. The number of carbonyl (C=O) groups excluding carboxylic acids is 2. The maximum absolute atomic E-state index is 12.2. The second kappa shape index (κ2) is 8.73. The monoisotopic (exact) mass is 328 g/mol. The molecule has 1 aromatic rings. The topological polar surface area (TPSA) is 76.7 Å². The smallest absolute Gasteiger partial charge is 0.309 e. The summed E-state index contributed by atoms with van der Waals surface area (Å²) in [5, 5.41) is 5.97. The minimum absolute atomic E-state index is 0. The number of hydrogen-bond acceptors (Lipinski definition) is 5. The number of benzene rings is 1. The molecule has 1 amide bonds. The molecule has 7 heteroatoms. The van der Waals surface area contributed by atoms with E-state index < -0.39 is 0 Å². The Kier molecular flexibility index (Phi) is 7.31. The first-order chi connectivity index (χ1) is 10.1. The molecule has 6 nitrogen and oxygen atoms in total. The molecule has 1 aliphatic heterocycles. The molecule has 0 saturated carbocycles. The molecular formula is C15H21ClN2O4. The second-order valence-corrected chi connectivity index (χ2v) is 4.95. The van der Waals surface area contributed by atoms with Gasteiger partial charge in [0.2, 0.25) is 5.91 Å². The van der Waals surface area contributed by atoms with Crippen molar-refractivity contribution in [1.29, 1.82) is 0 Å². The van der Waals surface area contributed by atoms with Gasteiger partial charge in [-0.15, -0.1) is 12.4 Å². The Bertz CT molecular complexity index is 507. The van der Waals surface area contributed by atoms with Crippen LogP contribution in [0.1, 0.15) is 12.5 Å². The van der Waals surface area contributed by atoms with Crippen molar-refractivity contribution in [3.05, 3.63) is 29.8 Å². The van der Waals surface area contributed by atoms with Crippen molar-refractivity contribution in [2.75, 3.05) is 25.6 Å². The number of esters is 1. The summed E-state index contributed by atoms with van der Waals surface area (Å²) in [4.78, 5) is 23.3. The Balaban J connectivity index is 0.00000242. The Morgan fingerprint density at radius 2 is 2.05 bits per heavy atom. The fraction of sp³-hybridized carbons (Fsp3) is 0.467. The highest BCUT2D eigenvalue weighted by atomic mass is 35.5. The minimum Gasteiger partial charge on any atom is -0.469 e. The largest absolute Gasteiger partial charge is 0.469 e. The van der Waals surface area contributed by atoms with E-state index in [1.165, 1.54) is 7.11 Å². The van der Waals surface area contributed by atoms with E-state index in [0.717, 1.165) is 5.56 Å². The maximum Gasteiger partial charge on any atom is 0.309 e. The van der Waals surface area contributed by atoms with Crippen molar-refractivity contribution >= 4 is 30.0 Å². The van der Waals surface area contributed by atoms with Crippen molar-refractivity contribution in [2.45, 2.75) is 25.5 Å². The van der Waals surface area contributed by atoms with Crippen LogP contribution in [0.3, 0.4) is 0 Å². The van der Waals surface area contributed by atoms with Crippen LogP contribution in [0.5, 0.6) is 0 Å². The molecule has 0 radical (unpaired) electrons. The summed E-state index contributed by atoms with van der Waals surface area (Å²) in [6.07, 6.45) is 0.0668. The lowest BCUT2D eigenvalue weighted by atomic mass is 10.1. The molecule has 122 valence electrons. The van der Waals surface area contributed by atoms with Crippen LogP contribution >= 0.6 is 12.4 Å². The third-order valence-corrected chi connectivity index (χ3v) is 3.40. The summed E-state index contributed by atoms with van der Waals surface area (Å²) in [5.74, 6) is -0.410. The van der Waals surface area contributed by atoms with E-state index >= 15 is 0 Å². The molecule has 0 unspecified atom stereocenters. The summed E-state index contributed by atoms with van der Waals surface area (Å²) >= 11 is 0. The Morgan fingerprint density at radius 1 is 1.36 bits per heavy atom. The molecule has 2 atom stereocenters. The lowest BCUT2D eigenvalue weighted by molar-refractivity contribution is -0.139. The van der Waals surface area contributed by atoms with Crippen molar-refractivity contribution in [3.8, 4) is 0 Å². The van der Waals surface area contributed by atoms with Gasteiger partial charge < -0.3 is 20.1 Å². The molecular weight excluding hydrogens is 308 g/mol. The van der Waals surface area contributed by atoms with Crippen LogP contribution in [0.4, 0.5) is 5.69 Å². The minimum atomic E-state index is -0.353. The zero-order chi connectivity index (χ0) is 15.2. The fourth-order valence-electron chi connectivity index (χ4n) is 2.19. The van der Waals surface area contributed by atoms with Gasteiger partial charge in [-0.25, -0.2) is 0 Å². The van der Waals surface area contributed by atoms with E-state index in [2.05, 4.69) is 15.4 Å². The highest BCUT2D eigenvalue weighted by Gasteiger charge is 2.28. The molecule has 0 bridgehead atoms. The molecule has 1 aliphatic rings. The number of morpholine rings is 1. The van der Waals surface area contributed by atoms with Crippen molar-refractivity contribution in [1.82, 2.24) is 5.32 Å². The summed E-state index contributed by atoms with van der Waals surface area (Å²) in [7, 11) is 1.36. The third-order valence-electron chi connectivity index (χ3n) is 3.40. The molecule has 0 aliphatic carbocycles. The van der Waals surface area contributed by atoms with E-state index in [1.807, 2.05) is 6.92 Å². The predicted molar refractivity (Wildman–Crippen MR) is 85.2 cm³/mol. The first-order valence-electron chi connectivity index (χ1n) is 6.92. The summed E-state index contributed by atoms with van der Waals surface area (Å²) in [6.45, 7) is 3.16. The second-order valence-electron chi connectivity index (χ2n) is 4.95. The van der Waals surface area contributed by atoms with Crippen LogP contribution < -0.4 is 10.6 Å². The van der Waals surface area contributed by atoms with Gasteiger partial charge in [0.1, 0.15) is 6.04 Å². The molecule has 1 aromatic carbocycles. The van der Waals surface area contributed by atoms with Crippen LogP contribution in [0.15, 0.2) is 24.3 Å². The van der Waals surface area contributed by atoms with Gasteiger partial charge in [-0.3, -0.25) is 9.59 Å². The number of carbonyl (C=O) groups is 2. The van der Waals surface area contributed by atoms with E-state index in [4.69, 9.17) is 4.74 Å². The van der Waals surface area contributed by atoms with Crippen LogP contribution in [0, 0.1) is 0 Å². The molecule has 0 spiro atoms.